The van der Waals surface area contributed by atoms with Gasteiger partial charge in [0, 0.05) is 35.8 Å². The molecule has 1 aromatic heterocycles. The number of hydrogen-bond donors (Lipinski definition) is 3. The monoisotopic (exact) mass is 573 g/mol. The maximum Gasteiger partial charge on any atom is 0.406 e. The summed E-state index contributed by atoms with van der Waals surface area (Å²) >= 11 is 0. The molecule has 220 valence electrons. The number of methoxy groups -OCH3 is 1. The Balaban J connectivity index is 1.57. The fraction of sp³-hybridized carbons (Fsp3) is 0.433. The Kier molecular flexibility index (Phi) is 9.33. The predicted molar refractivity (Wildman–Crippen MR) is 153 cm³/mol. The van der Waals surface area contributed by atoms with Crippen molar-refractivity contribution in [2.24, 2.45) is 0 Å². The highest BCUT2D eigenvalue weighted by Crippen LogP contribution is 2.32. The number of alkyl halides is 4. The zero-order valence-electron chi connectivity index (χ0n) is 23.5. The summed E-state index contributed by atoms with van der Waals surface area (Å²) in [7, 11) is 3.34. The Morgan fingerprint density at radius 2 is 1.95 bits per heavy atom. The van der Waals surface area contributed by atoms with Crippen LogP contribution in [0.1, 0.15) is 36.3 Å². The molecule has 3 N–H and O–H groups in total. The number of amides is 1. The number of ether oxygens (including phenoxy) is 1. The van der Waals surface area contributed by atoms with E-state index in [2.05, 4.69) is 27.8 Å². The first-order valence-electron chi connectivity index (χ1n) is 13.4. The minimum atomic E-state index is -4.46. The molecule has 2 heterocycles. The van der Waals surface area contributed by atoms with Gasteiger partial charge in [0.25, 0.3) is 5.91 Å². The fourth-order valence-electron chi connectivity index (χ4n) is 4.88. The summed E-state index contributed by atoms with van der Waals surface area (Å²) in [6, 6.07) is 11.1. The van der Waals surface area contributed by atoms with Crippen molar-refractivity contribution < 1.29 is 27.1 Å². The summed E-state index contributed by atoms with van der Waals surface area (Å²) < 4.78 is 61.9. The van der Waals surface area contributed by atoms with E-state index in [4.69, 9.17) is 4.74 Å². The average Bonchev–Trinajstić information content (AvgIpc) is 3.24. The van der Waals surface area contributed by atoms with Gasteiger partial charge < -0.3 is 30.2 Å². The number of carbonyl (C=O) groups is 1. The molecule has 2 aromatic carbocycles. The second kappa shape index (κ2) is 12.7. The first kappa shape index (κ1) is 30.1. The number of nitrogens with one attached hydrogen (secondary N) is 3. The lowest BCUT2D eigenvalue weighted by molar-refractivity contribution is -0.140. The molecule has 41 heavy (non-hydrogen) atoms. The Labute approximate surface area is 237 Å². The van der Waals surface area contributed by atoms with Crippen molar-refractivity contribution in [3.05, 3.63) is 53.7 Å². The topological polar surface area (TPSA) is 70.6 Å². The number of hydrogen-bond acceptors (Lipinski definition) is 5. The third kappa shape index (κ3) is 7.64. The second-order valence-corrected chi connectivity index (χ2v) is 10.5. The molecular weight excluding hydrogens is 538 g/mol. The third-order valence-electron chi connectivity index (χ3n) is 6.84. The molecule has 4 rings (SSSR count). The Bertz CT molecular complexity index is 1440. The summed E-state index contributed by atoms with van der Waals surface area (Å²) in [5, 5.41) is 9.69. The van der Waals surface area contributed by atoms with Crippen LogP contribution in [0, 0.1) is 11.8 Å². The zero-order chi connectivity index (χ0) is 29.7. The van der Waals surface area contributed by atoms with E-state index in [0.29, 0.717) is 46.6 Å². The van der Waals surface area contributed by atoms with Crippen LogP contribution in [0.4, 0.5) is 28.9 Å². The Morgan fingerprint density at radius 3 is 2.63 bits per heavy atom. The van der Waals surface area contributed by atoms with Gasteiger partial charge in [0.2, 0.25) is 0 Å². The fourth-order valence-corrected chi connectivity index (χ4v) is 4.88. The lowest BCUT2D eigenvalue weighted by atomic mass is 10.0. The van der Waals surface area contributed by atoms with E-state index in [1.165, 1.54) is 7.11 Å². The van der Waals surface area contributed by atoms with Crippen molar-refractivity contribution in [3.63, 3.8) is 0 Å². The molecule has 11 heteroatoms. The minimum absolute atomic E-state index is 0.0174. The molecule has 1 aliphatic rings. The molecule has 1 amide bonds. The van der Waals surface area contributed by atoms with E-state index in [0.717, 1.165) is 11.1 Å². The van der Waals surface area contributed by atoms with E-state index in [1.54, 1.807) is 42.5 Å². The number of anilines is 2. The molecule has 1 fully saturated rings. The Morgan fingerprint density at radius 1 is 1.17 bits per heavy atom. The highest BCUT2D eigenvalue weighted by molar-refractivity contribution is 5.95. The normalized spacial score (nSPS) is 17.7. The lowest BCUT2D eigenvalue weighted by Crippen LogP contribution is -2.46. The van der Waals surface area contributed by atoms with Crippen LogP contribution in [0.5, 0.6) is 5.75 Å². The lowest BCUT2D eigenvalue weighted by Gasteiger charge is -2.33. The van der Waals surface area contributed by atoms with E-state index in [-0.39, 0.29) is 24.2 Å². The van der Waals surface area contributed by atoms with Gasteiger partial charge in [-0.1, -0.05) is 12.0 Å². The van der Waals surface area contributed by atoms with Gasteiger partial charge in [-0.25, -0.2) is 4.39 Å². The van der Waals surface area contributed by atoms with Crippen molar-refractivity contribution in [1.82, 2.24) is 14.8 Å². The molecule has 0 unspecified atom stereocenters. The number of nitrogens with zero attached hydrogens (tertiary/aromatic N) is 2. The SMILES string of the molecule is COc1cc(C(=O)NC(C)C)ccc1NCC#Cc1cc2c(N[C@H]3CCN(C)C[C@H]3F)cccc2n1CC(F)(F)F. The van der Waals surface area contributed by atoms with Crippen LogP contribution in [-0.2, 0) is 6.54 Å². The molecule has 1 saturated heterocycles. The zero-order valence-corrected chi connectivity index (χ0v) is 23.5. The van der Waals surface area contributed by atoms with Crippen LogP contribution in [0.15, 0.2) is 42.5 Å². The maximum atomic E-state index is 14.7. The molecule has 0 radical (unpaired) electrons. The number of benzene rings is 2. The first-order chi connectivity index (χ1) is 19.4. The van der Waals surface area contributed by atoms with E-state index >= 15 is 0 Å². The second-order valence-electron chi connectivity index (χ2n) is 10.5. The van der Waals surface area contributed by atoms with Gasteiger partial charge in [-0.3, -0.25) is 4.79 Å². The van der Waals surface area contributed by atoms with Gasteiger partial charge in [0.05, 0.1) is 36.6 Å². The molecule has 0 saturated carbocycles. The van der Waals surface area contributed by atoms with Crippen molar-refractivity contribution in [1.29, 1.82) is 0 Å². The Hall–Kier alpha value is -3.91. The molecule has 7 nitrogen and oxygen atoms in total. The van der Waals surface area contributed by atoms with E-state index in [1.807, 2.05) is 25.8 Å². The summed E-state index contributed by atoms with van der Waals surface area (Å²) in [6.45, 7) is 3.67. The van der Waals surface area contributed by atoms with Crippen LogP contribution in [0.3, 0.4) is 0 Å². The number of rotatable bonds is 8. The number of piperidine rings is 1. The number of aromatic nitrogens is 1. The van der Waals surface area contributed by atoms with Crippen molar-refractivity contribution in [2.45, 2.75) is 51.2 Å². The highest BCUT2D eigenvalue weighted by Gasteiger charge is 2.31. The smallest absolute Gasteiger partial charge is 0.406 e. The summed E-state index contributed by atoms with van der Waals surface area (Å²) in [4.78, 5) is 14.2. The van der Waals surface area contributed by atoms with Gasteiger partial charge in [0.1, 0.15) is 18.5 Å². The number of likely N-dealkylation sites (tertiary alicyclic amines) is 1. The number of halogens is 4. The van der Waals surface area contributed by atoms with Crippen molar-refractivity contribution >= 4 is 28.2 Å². The van der Waals surface area contributed by atoms with Crippen LogP contribution in [-0.4, -0.2) is 73.6 Å². The first-order valence-corrected chi connectivity index (χ1v) is 13.4. The van der Waals surface area contributed by atoms with Gasteiger partial charge in [-0.05, 0) is 69.6 Å². The predicted octanol–water partition coefficient (Wildman–Crippen LogP) is 5.27. The van der Waals surface area contributed by atoms with Crippen molar-refractivity contribution in [2.75, 3.05) is 44.4 Å². The molecule has 0 spiro atoms. The average molecular weight is 574 g/mol. The quantitative estimate of drug-likeness (QED) is 0.253. The summed E-state index contributed by atoms with van der Waals surface area (Å²) in [5.74, 6) is 5.97. The minimum Gasteiger partial charge on any atom is -0.495 e. The summed E-state index contributed by atoms with van der Waals surface area (Å²) in [6.07, 6.45) is -4.97. The van der Waals surface area contributed by atoms with E-state index < -0.39 is 24.9 Å². The largest absolute Gasteiger partial charge is 0.495 e. The molecule has 2 atom stereocenters. The van der Waals surface area contributed by atoms with Crippen LogP contribution in [0.25, 0.3) is 10.9 Å². The number of fused-ring (bicyclic) bond motifs is 1. The van der Waals surface area contributed by atoms with E-state index in [9.17, 15) is 22.4 Å². The van der Waals surface area contributed by atoms with Gasteiger partial charge >= 0.3 is 6.18 Å². The molecule has 0 aliphatic carbocycles. The molecule has 1 aliphatic heterocycles. The standard InChI is InChI=1S/C30H35F4N5O2/c1-19(2)36-29(40)20-10-11-26(28(15-20)41-4)35-13-6-7-21-16-22-24(37-25-12-14-38(3)17-23(25)31)8-5-9-27(22)39(21)18-30(32,33)34/h5,8-11,15-16,19,23,25,35,37H,12-14,17-18H2,1-4H3,(H,36,40)/t23-,25+/m1/s1. The van der Waals surface area contributed by atoms with Crippen molar-refractivity contribution in [3.8, 4) is 17.6 Å². The van der Waals surface area contributed by atoms with Crippen LogP contribution >= 0.6 is 0 Å². The summed E-state index contributed by atoms with van der Waals surface area (Å²) in [5.41, 5.74) is 2.16. The van der Waals surface area contributed by atoms with Gasteiger partial charge in [0.15, 0.2) is 0 Å². The van der Waals surface area contributed by atoms with Crippen LogP contribution in [0.2, 0.25) is 0 Å². The maximum absolute atomic E-state index is 14.7. The molecule has 0 bridgehead atoms. The van der Waals surface area contributed by atoms with Gasteiger partial charge in [-0.15, -0.1) is 0 Å². The van der Waals surface area contributed by atoms with Gasteiger partial charge in [-0.2, -0.15) is 13.2 Å². The highest BCUT2D eigenvalue weighted by atomic mass is 19.4. The van der Waals surface area contributed by atoms with Crippen LogP contribution < -0.4 is 20.7 Å². The third-order valence-corrected chi connectivity index (χ3v) is 6.84. The molecular formula is C30H35F4N5O2. The number of carbonyl (C=O) groups excluding carboxylic acids is 1. The molecule has 3 aromatic rings.